The molecule has 0 radical (unpaired) electrons. The Balaban J connectivity index is 1.83. The van der Waals surface area contributed by atoms with Crippen LogP contribution >= 0.6 is 23.2 Å². The summed E-state index contributed by atoms with van der Waals surface area (Å²) in [6.45, 7) is 4.49. The van der Waals surface area contributed by atoms with E-state index in [4.69, 9.17) is 23.2 Å². The van der Waals surface area contributed by atoms with Crippen molar-refractivity contribution in [2.45, 2.75) is 31.8 Å². The van der Waals surface area contributed by atoms with Gasteiger partial charge in [0.25, 0.3) is 0 Å². The lowest BCUT2D eigenvalue weighted by Gasteiger charge is -2.33. The molecule has 1 fully saturated rings. The minimum Gasteiger partial charge on any atom is -0.358 e. The number of hydrogen-bond donors (Lipinski definition) is 2. The van der Waals surface area contributed by atoms with E-state index in [0.29, 0.717) is 22.6 Å². The molecule has 1 heterocycles. The van der Waals surface area contributed by atoms with Crippen LogP contribution < -0.4 is 10.6 Å². The summed E-state index contributed by atoms with van der Waals surface area (Å²) in [7, 11) is 1.68. The van der Waals surface area contributed by atoms with Crippen LogP contribution in [-0.2, 0) is 4.79 Å². The molecule has 1 amide bonds. The number of halogens is 2. The van der Waals surface area contributed by atoms with E-state index in [0.717, 1.165) is 31.5 Å². The topological polar surface area (TPSA) is 44.4 Å². The predicted octanol–water partition coefficient (Wildman–Crippen LogP) is 2.85. The zero-order valence-corrected chi connectivity index (χ0v) is 14.5. The second kappa shape index (κ2) is 8.16. The van der Waals surface area contributed by atoms with Gasteiger partial charge in [-0.15, -0.1) is 0 Å². The fraction of sp³-hybridized carbons (Fsp3) is 0.562. The Morgan fingerprint density at radius 3 is 2.41 bits per heavy atom. The molecule has 122 valence electrons. The molecule has 0 saturated carbocycles. The first-order valence-corrected chi connectivity index (χ1v) is 8.38. The summed E-state index contributed by atoms with van der Waals surface area (Å²) >= 11 is 12.1. The van der Waals surface area contributed by atoms with Crippen molar-refractivity contribution in [2.75, 3.05) is 26.7 Å². The van der Waals surface area contributed by atoms with E-state index in [2.05, 4.69) is 22.5 Å². The van der Waals surface area contributed by atoms with Crippen LogP contribution in [-0.4, -0.2) is 43.5 Å². The average molecular weight is 344 g/mol. The van der Waals surface area contributed by atoms with Gasteiger partial charge in [0, 0.05) is 42.3 Å². The first kappa shape index (κ1) is 17.5. The summed E-state index contributed by atoms with van der Waals surface area (Å²) < 4.78 is 0. The summed E-state index contributed by atoms with van der Waals surface area (Å²) in [6, 6.07) is 6.30. The SMILES string of the molecule is CNC(=O)CN1CCC(N[C@H](C)c2cc(Cl)cc(Cl)c2)CC1. The molecule has 1 saturated heterocycles. The molecule has 22 heavy (non-hydrogen) atoms. The molecule has 4 nitrogen and oxygen atoms in total. The van der Waals surface area contributed by atoms with Crippen molar-refractivity contribution in [2.24, 2.45) is 0 Å². The number of carbonyl (C=O) groups is 1. The smallest absolute Gasteiger partial charge is 0.233 e. The van der Waals surface area contributed by atoms with E-state index in [-0.39, 0.29) is 11.9 Å². The van der Waals surface area contributed by atoms with Crippen LogP contribution in [0, 0.1) is 0 Å². The van der Waals surface area contributed by atoms with Crippen molar-refractivity contribution in [1.82, 2.24) is 15.5 Å². The van der Waals surface area contributed by atoms with Gasteiger partial charge in [0.2, 0.25) is 5.91 Å². The second-order valence-corrected chi connectivity index (χ2v) is 6.69. The van der Waals surface area contributed by atoms with Gasteiger partial charge in [-0.25, -0.2) is 0 Å². The highest BCUT2D eigenvalue weighted by atomic mass is 35.5. The maximum Gasteiger partial charge on any atom is 0.233 e. The van der Waals surface area contributed by atoms with Crippen molar-refractivity contribution in [1.29, 1.82) is 0 Å². The Hall–Kier alpha value is -0.810. The van der Waals surface area contributed by atoms with Crippen LogP contribution in [0.25, 0.3) is 0 Å². The van der Waals surface area contributed by atoms with Gasteiger partial charge in [-0.1, -0.05) is 23.2 Å². The lowest BCUT2D eigenvalue weighted by Crippen LogP contribution is -2.46. The third kappa shape index (κ3) is 5.13. The Kier molecular flexibility index (Phi) is 6.50. The van der Waals surface area contributed by atoms with Gasteiger partial charge in [0.1, 0.15) is 0 Å². The molecule has 0 spiro atoms. The molecule has 0 bridgehead atoms. The minimum atomic E-state index is 0.0772. The molecular weight excluding hydrogens is 321 g/mol. The zero-order chi connectivity index (χ0) is 16.1. The first-order chi connectivity index (χ1) is 10.5. The van der Waals surface area contributed by atoms with Crippen LogP contribution in [0.4, 0.5) is 0 Å². The van der Waals surface area contributed by atoms with Crippen LogP contribution in [0.15, 0.2) is 18.2 Å². The summed E-state index contributed by atoms with van der Waals surface area (Å²) in [4.78, 5) is 13.6. The Bertz CT molecular complexity index is 496. The number of amides is 1. The summed E-state index contributed by atoms with van der Waals surface area (Å²) in [5.41, 5.74) is 1.10. The number of carbonyl (C=O) groups excluding carboxylic acids is 1. The molecule has 1 aromatic rings. The number of piperidine rings is 1. The maximum absolute atomic E-state index is 11.4. The average Bonchev–Trinajstić information content (AvgIpc) is 2.48. The molecule has 2 N–H and O–H groups in total. The largest absolute Gasteiger partial charge is 0.358 e. The van der Waals surface area contributed by atoms with Gasteiger partial charge in [-0.05, 0) is 43.5 Å². The van der Waals surface area contributed by atoms with Crippen LogP contribution in [0.1, 0.15) is 31.4 Å². The van der Waals surface area contributed by atoms with E-state index in [9.17, 15) is 4.79 Å². The fourth-order valence-electron chi connectivity index (χ4n) is 2.81. The number of likely N-dealkylation sites (N-methyl/N-ethyl adjacent to an activating group) is 1. The Labute approximate surface area is 142 Å². The molecule has 6 heteroatoms. The van der Waals surface area contributed by atoms with Crippen LogP contribution in [0.5, 0.6) is 0 Å². The lowest BCUT2D eigenvalue weighted by atomic mass is 10.0. The molecule has 0 unspecified atom stereocenters. The van der Waals surface area contributed by atoms with Gasteiger partial charge < -0.3 is 10.6 Å². The van der Waals surface area contributed by atoms with Gasteiger partial charge in [-0.2, -0.15) is 0 Å². The van der Waals surface area contributed by atoms with E-state index in [1.54, 1.807) is 13.1 Å². The summed E-state index contributed by atoms with van der Waals surface area (Å²) in [6.07, 6.45) is 2.07. The van der Waals surface area contributed by atoms with Crippen molar-refractivity contribution in [3.63, 3.8) is 0 Å². The Morgan fingerprint density at radius 2 is 1.86 bits per heavy atom. The number of rotatable bonds is 5. The van der Waals surface area contributed by atoms with E-state index < -0.39 is 0 Å². The zero-order valence-electron chi connectivity index (χ0n) is 13.0. The van der Waals surface area contributed by atoms with E-state index >= 15 is 0 Å². The molecular formula is C16H23Cl2N3O. The number of nitrogens with one attached hydrogen (secondary N) is 2. The molecule has 2 rings (SSSR count). The van der Waals surface area contributed by atoms with Crippen molar-refractivity contribution < 1.29 is 4.79 Å². The molecule has 1 aliphatic rings. The van der Waals surface area contributed by atoms with Crippen molar-refractivity contribution in [3.05, 3.63) is 33.8 Å². The normalized spacial score (nSPS) is 18.2. The molecule has 0 aromatic heterocycles. The summed E-state index contributed by atoms with van der Waals surface area (Å²) in [5.74, 6) is 0.0772. The second-order valence-electron chi connectivity index (χ2n) is 5.81. The number of benzene rings is 1. The third-order valence-corrected chi connectivity index (χ3v) is 4.54. The number of likely N-dealkylation sites (tertiary alicyclic amines) is 1. The quantitative estimate of drug-likeness (QED) is 0.863. The molecule has 1 aliphatic heterocycles. The monoisotopic (exact) mass is 343 g/mol. The van der Waals surface area contributed by atoms with E-state index in [1.165, 1.54) is 0 Å². The molecule has 0 aliphatic carbocycles. The van der Waals surface area contributed by atoms with Crippen LogP contribution in [0.2, 0.25) is 10.0 Å². The highest BCUT2D eigenvalue weighted by molar-refractivity contribution is 6.34. The van der Waals surface area contributed by atoms with Gasteiger partial charge in [0.15, 0.2) is 0 Å². The first-order valence-electron chi connectivity index (χ1n) is 7.63. The van der Waals surface area contributed by atoms with Gasteiger partial charge in [0.05, 0.1) is 6.54 Å². The highest BCUT2D eigenvalue weighted by Gasteiger charge is 2.22. The van der Waals surface area contributed by atoms with Crippen LogP contribution in [0.3, 0.4) is 0 Å². The minimum absolute atomic E-state index is 0.0772. The van der Waals surface area contributed by atoms with Gasteiger partial charge >= 0.3 is 0 Å². The lowest BCUT2D eigenvalue weighted by molar-refractivity contribution is -0.122. The van der Waals surface area contributed by atoms with Crippen molar-refractivity contribution in [3.8, 4) is 0 Å². The third-order valence-electron chi connectivity index (χ3n) is 4.10. The van der Waals surface area contributed by atoms with E-state index in [1.807, 2.05) is 12.1 Å². The molecule has 1 atom stereocenters. The summed E-state index contributed by atoms with van der Waals surface area (Å²) in [5, 5.41) is 7.63. The van der Waals surface area contributed by atoms with Crippen molar-refractivity contribution >= 4 is 29.1 Å². The van der Waals surface area contributed by atoms with Gasteiger partial charge in [-0.3, -0.25) is 9.69 Å². The predicted molar refractivity (Wildman–Crippen MR) is 91.5 cm³/mol. The number of nitrogens with zero attached hydrogens (tertiary/aromatic N) is 1. The standard InChI is InChI=1S/C16H23Cl2N3O/c1-11(12-7-13(17)9-14(18)8-12)20-15-3-5-21(6-4-15)10-16(22)19-2/h7-9,11,15,20H,3-6,10H2,1-2H3,(H,19,22)/t11-/m1/s1. The highest BCUT2D eigenvalue weighted by Crippen LogP contribution is 2.24. The fourth-order valence-corrected chi connectivity index (χ4v) is 3.36. The molecule has 1 aromatic carbocycles. The number of hydrogen-bond acceptors (Lipinski definition) is 3. The Morgan fingerprint density at radius 1 is 1.27 bits per heavy atom. The maximum atomic E-state index is 11.4.